The van der Waals surface area contributed by atoms with E-state index < -0.39 is 0 Å². The van der Waals surface area contributed by atoms with E-state index in [-0.39, 0.29) is 5.91 Å². The molecule has 0 bridgehead atoms. The Kier molecular flexibility index (Phi) is 4.63. The van der Waals surface area contributed by atoms with Crippen molar-refractivity contribution < 1.29 is 4.79 Å². The number of carbonyl (C=O) groups excluding carboxylic acids is 1. The largest absolute Gasteiger partial charge is 0.397 e. The van der Waals surface area contributed by atoms with E-state index in [1.165, 1.54) is 25.9 Å². The zero-order chi connectivity index (χ0) is 13.7. The van der Waals surface area contributed by atoms with Crippen molar-refractivity contribution in [1.29, 1.82) is 0 Å². The molecular weight excluding hydrogens is 240 g/mol. The van der Waals surface area contributed by atoms with Crippen LogP contribution in [-0.2, 0) is 0 Å². The monoisotopic (exact) mass is 262 g/mol. The average Bonchev–Trinajstić information content (AvgIpc) is 2.93. The summed E-state index contributed by atoms with van der Waals surface area (Å²) < 4.78 is 0. The first kappa shape index (κ1) is 13.7. The molecule has 1 aliphatic heterocycles. The number of carbonyl (C=O) groups is 1. The van der Waals surface area contributed by atoms with Crippen LogP contribution < -0.4 is 16.4 Å². The molecule has 1 heterocycles. The molecule has 5 heteroatoms. The van der Waals surface area contributed by atoms with E-state index in [9.17, 15) is 4.79 Å². The first-order chi connectivity index (χ1) is 9.20. The van der Waals surface area contributed by atoms with Crippen molar-refractivity contribution >= 4 is 17.3 Å². The highest BCUT2D eigenvalue weighted by Gasteiger charge is 2.11. The summed E-state index contributed by atoms with van der Waals surface area (Å²) in [7, 11) is 1.62. The second-order valence-corrected chi connectivity index (χ2v) is 4.86. The maximum Gasteiger partial charge on any atom is 0.251 e. The summed E-state index contributed by atoms with van der Waals surface area (Å²) in [4.78, 5) is 14.0. The molecule has 104 valence electrons. The molecule has 1 aromatic rings. The molecule has 1 aromatic carbocycles. The van der Waals surface area contributed by atoms with Gasteiger partial charge in [0, 0.05) is 25.7 Å². The molecule has 0 aliphatic carbocycles. The molecule has 2 rings (SSSR count). The van der Waals surface area contributed by atoms with Gasteiger partial charge in [-0.2, -0.15) is 0 Å². The van der Waals surface area contributed by atoms with E-state index in [0.717, 1.165) is 18.8 Å². The maximum absolute atomic E-state index is 11.6. The van der Waals surface area contributed by atoms with Crippen molar-refractivity contribution in [3.05, 3.63) is 23.8 Å². The highest BCUT2D eigenvalue weighted by atomic mass is 16.1. The Labute approximate surface area is 114 Å². The van der Waals surface area contributed by atoms with Gasteiger partial charge in [0.25, 0.3) is 5.91 Å². The lowest BCUT2D eigenvalue weighted by atomic mass is 10.1. The number of nitrogens with one attached hydrogen (secondary N) is 2. The summed E-state index contributed by atoms with van der Waals surface area (Å²) in [6.45, 7) is 4.25. The molecule has 1 amide bonds. The molecule has 1 saturated heterocycles. The maximum atomic E-state index is 11.6. The summed E-state index contributed by atoms with van der Waals surface area (Å²) in [5.41, 5.74) is 8.05. The van der Waals surface area contributed by atoms with Gasteiger partial charge in [-0.3, -0.25) is 4.79 Å². The van der Waals surface area contributed by atoms with Gasteiger partial charge in [-0.1, -0.05) is 0 Å². The Bertz CT molecular complexity index is 441. The lowest BCUT2D eigenvalue weighted by Crippen LogP contribution is -2.26. The smallest absolute Gasteiger partial charge is 0.251 e. The van der Waals surface area contributed by atoms with Crippen molar-refractivity contribution in [2.24, 2.45) is 0 Å². The predicted octanol–water partition coefficient (Wildman–Crippen LogP) is 1.14. The van der Waals surface area contributed by atoms with Crippen molar-refractivity contribution in [3.63, 3.8) is 0 Å². The summed E-state index contributed by atoms with van der Waals surface area (Å²) in [6, 6.07) is 5.31. The summed E-state index contributed by atoms with van der Waals surface area (Å²) >= 11 is 0. The van der Waals surface area contributed by atoms with Crippen molar-refractivity contribution in [2.75, 3.05) is 44.3 Å². The zero-order valence-corrected chi connectivity index (χ0v) is 11.4. The molecular formula is C14H22N4O. The number of hydrogen-bond donors (Lipinski definition) is 3. The van der Waals surface area contributed by atoms with E-state index in [4.69, 9.17) is 5.73 Å². The van der Waals surface area contributed by atoms with Crippen LogP contribution in [0.3, 0.4) is 0 Å². The number of rotatable bonds is 5. The van der Waals surface area contributed by atoms with Crippen molar-refractivity contribution in [2.45, 2.75) is 12.8 Å². The highest BCUT2D eigenvalue weighted by molar-refractivity contribution is 5.96. The Balaban J connectivity index is 1.92. The van der Waals surface area contributed by atoms with Crippen LogP contribution in [0, 0.1) is 0 Å². The zero-order valence-electron chi connectivity index (χ0n) is 11.4. The van der Waals surface area contributed by atoms with Gasteiger partial charge in [-0.05, 0) is 44.1 Å². The summed E-state index contributed by atoms with van der Waals surface area (Å²) in [5.74, 6) is -0.0948. The lowest BCUT2D eigenvalue weighted by molar-refractivity contribution is 0.0963. The van der Waals surface area contributed by atoms with Gasteiger partial charge in [0.15, 0.2) is 0 Å². The number of hydrogen-bond acceptors (Lipinski definition) is 4. The van der Waals surface area contributed by atoms with Gasteiger partial charge < -0.3 is 21.3 Å². The second-order valence-electron chi connectivity index (χ2n) is 4.86. The molecule has 1 fully saturated rings. The van der Waals surface area contributed by atoms with E-state index in [1.807, 2.05) is 0 Å². The molecule has 5 nitrogen and oxygen atoms in total. The fourth-order valence-electron chi connectivity index (χ4n) is 2.35. The van der Waals surface area contributed by atoms with Crippen molar-refractivity contribution in [3.8, 4) is 0 Å². The minimum Gasteiger partial charge on any atom is -0.397 e. The van der Waals surface area contributed by atoms with E-state index in [1.54, 1.807) is 25.2 Å². The van der Waals surface area contributed by atoms with E-state index in [2.05, 4.69) is 15.5 Å². The molecule has 4 N–H and O–H groups in total. The Morgan fingerprint density at radius 3 is 2.79 bits per heavy atom. The lowest BCUT2D eigenvalue weighted by Gasteiger charge is -2.16. The summed E-state index contributed by atoms with van der Waals surface area (Å²) in [5, 5.41) is 5.93. The van der Waals surface area contributed by atoms with Gasteiger partial charge in [-0.15, -0.1) is 0 Å². The van der Waals surface area contributed by atoms with Gasteiger partial charge in [0.1, 0.15) is 0 Å². The average molecular weight is 262 g/mol. The fourth-order valence-corrected chi connectivity index (χ4v) is 2.35. The third-order valence-corrected chi connectivity index (χ3v) is 3.48. The number of nitrogen functional groups attached to an aromatic ring is 1. The molecule has 0 unspecified atom stereocenters. The molecule has 0 aromatic heterocycles. The van der Waals surface area contributed by atoms with Gasteiger partial charge in [0.2, 0.25) is 0 Å². The topological polar surface area (TPSA) is 70.4 Å². The molecule has 19 heavy (non-hydrogen) atoms. The minimum absolute atomic E-state index is 0.0948. The number of benzene rings is 1. The third kappa shape index (κ3) is 3.61. The third-order valence-electron chi connectivity index (χ3n) is 3.48. The number of likely N-dealkylation sites (tertiary alicyclic amines) is 1. The number of nitrogens with two attached hydrogens (primary N) is 1. The fraction of sp³-hybridized carbons (Fsp3) is 0.500. The Morgan fingerprint density at radius 1 is 1.37 bits per heavy atom. The Hall–Kier alpha value is -1.75. The number of amides is 1. The van der Waals surface area contributed by atoms with Crippen LogP contribution in [0.2, 0.25) is 0 Å². The SMILES string of the molecule is CNC(=O)c1ccc(N)c(NCCN2CCCC2)c1. The van der Waals surface area contributed by atoms with Crippen molar-refractivity contribution in [1.82, 2.24) is 10.2 Å². The van der Waals surface area contributed by atoms with Crippen LogP contribution in [-0.4, -0.2) is 44.0 Å². The van der Waals surface area contributed by atoms with Gasteiger partial charge in [-0.25, -0.2) is 0 Å². The molecule has 0 saturated carbocycles. The highest BCUT2D eigenvalue weighted by Crippen LogP contribution is 2.20. The Morgan fingerprint density at radius 2 is 2.11 bits per heavy atom. The van der Waals surface area contributed by atoms with Crippen LogP contribution in [0.1, 0.15) is 23.2 Å². The normalized spacial score (nSPS) is 15.4. The van der Waals surface area contributed by atoms with E-state index in [0.29, 0.717) is 11.3 Å². The minimum atomic E-state index is -0.0948. The molecule has 0 spiro atoms. The van der Waals surface area contributed by atoms with E-state index >= 15 is 0 Å². The molecule has 0 atom stereocenters. The van der Waals surface area contributed by atoms with Gasteiger partial charge in [0.05, 0.1) is 11.4 Å². The quantitative estimate of drug-likeness (QED) is 0.696. The number of anilines is 2. The molecule has 1 aliphatic rings. The van der Waals surface area contributed by atoms with Gasteiger partial charge >= 0.3 is 0 Å². The van der Waals surface area contributed by atoms with Crippen LogP contribution in [0.4, 0.5) is 11.4 Å². The molecule has 0 radical (unpaired) electrons. The van der Waals surface area contributed by atoms with Crippen LogP contribution in [0.25, 0.3) is 0 Å². The van der Waals surface area contributed by atoms with Crippen LogP contribution in [0.15, 0.2) is 18.2 Å². The standard InChI is InChI=1S/C14H22N4O/c1-16-14(19)11-4-5-12(15)13(10-11)17-6-9-18-7-2-3-8-18/h4-5,10,17H,2-3,6-9,15H2,1H3,(H,16,19). The first-order valence-corrected chi connectivity index (χ1v) is 6.78. The number of nitrogens with zero attached hydrogens (tertiary/aromatic N) is 1. The first-order valence-electron chi connectivity index (χ1n) is 6.78. The predicted molar refractivity (Wildman–Crippen MR) is 78.4 cm³/mol. The van der Waals surface area contributed by atoms with Crippen LogP contribution >= 0.6 is 0 Å². The second kappa shape index (κ2) is 6.43. The van der Waals surface area contributed by atoms with Crippen LogP contribution in [0.5, 0.6) is 0 Å². The summed E-state index contributed by atoms with van der Waals surface area (Å²) in [6.07, 6.45) is 2.60.